The summed E-state index contributed by atoms with van der Waals surface area (Å²) in [5.74, 6) is 0.742. The van der Waals surface area contributed by atoms with Gasteiger partial charge in [-0.2, -0.15) is 4.31 Å². The van der Waals surface area contributed by atoms with Gasteiger partial charge in [-0.15, -0.1) is 0 Å². The Morgan fingerprint density at radius 1 is 0.828 bits per heavy atom. The first-order valence-electron chi connectivity index (χ1n) is 9.16. The number of hydrogen-bond acceptors (Lipinski definition) is 4. The topological polar surface area (TPSA) is 49.9 Å². The van der Waals surface area contributed by atoms with E-state index in [1.165, 1.54) is 4.31 Å². The fourth-order valence-electron chi connectivity index (χ4n) is 3.51. The largest absolute Gasteiger partial charge is 0.497 e. The molecule has 4 rings (SSSR count). The average Bonchev–Trinajstić information content (AvgIpc) is 2.75. The minimum atomic E-state index is -3.56. The van der Waals surface area contributed by atoms with Crippen molar-refractivity contribution in [3.05, 3.63) is 64.6 Å². The van der Waals surface area contributed by atoms with Gasteiger partial charge in [-0.1, -0.05) is 35.3 Å². The molecule has 3 aromatic rings. The highest BCUT2D eigenvalue weighted by Crippen LogP contribution is 2.29. The van der Waals surface area contributed by atoms with E-state index in [0.29, 0.717) is 41.1 Å². The monoisotopic (exact) mass is 450 g/mol. The minimum Gasteiger partial charge on any atom is -0.497 e. The third-order valence-electron chi connectivity index (χ3n) is 5.16. The second-order valence-electron chi connectivity index (χ2n) is 6.86. The number of nitrogens with zero attached hydrogens (tertiary/aromatic N) is 2. The number of methoxy groups -OCH3 is 1. The van der Waals surface area contributed by atoms with Crippen LogP contribution in [0, 0.1) is 0 Å². The minimum absolute atomic E-state index is 0.304. The first-order valence-corrected chi connectivity index (χ1v) is 11.4. The lowest BCUT2D eigenvalue weighted by atomic mass is 10.1. The Labute approximate surface area is 180 Å². The van der Waals surface area contributed by atoms with Crippen LogP contribution in [0.3, 0.4) is 0 Å². The third kappa shape index (κ3) is 4.03. The van der Waals surface area contributed by atoms with Gasteiger partial charge in [0, 0.05) is 31.9 Å². The lowest BCUT2D eigenvalue weighted by Gasteiger charge is -2.35. The van der Waals surface area contributed by atoms with E-state index >= 15 is 0 Å². The number of piperazine rings is 1. The zero-order valence-corrected chi connectivity index (χ0v) is 18.1. The smallest absolute Gasteiger partial charge is 0.243 e. The predicted molar refractivity (Wildman–Crippen MR) is 118 cm³/mol. The fraction of sp³-hybridized carbons (Fsp3) is 0.238. The zero-order valence-electron chi connectivity index (χ0n) is 15.8. The van der Waals surface area contributed by atoms with Crippen LogP contribution in [-0.4, -0.2) is 46.0 Å². The van der Waals surface area contributed by atoms with Crippen molar-refractivity contribution in [2.45, 2.75) is 4.90 Å². The van der Waals surface area contributed by atoms with Gasteiger partial charge < -0.3 is 9.64 Å². The maximum atomic E-state index is 13.1. The van der Waals surface area contributed by atoms with Crippen molar-refractivity contribution in [3.8, 4) is 5.75 Å². The van der Waals surface area contributed by atoms with Crippen LogP contribution in [0.25, 0.3) is 10.8 Å². The van der Waals surface area contributed by atoms with Crippen molar-refractivity contribution < 1.29 is 13.2 Å². The van der Waals surface area contributed by atoms with E-state index in [-0.39, 0.29) is 0 Å². The Morgan fingerprint density at radius 3 is 2.21 bits per heavy atom. The molecule has 0 radical (unpaired) electrons. The molecule has 0 spiro atoms. The van der Waals surface area contributed by atoms with E-state index in [1.54, 1.807) is 25.3 Å². The summed E-state index contributed by atoms with van der Waals surface area (Å²) in [6.07, 6.45) is 0. The molecule has 0 aromatic heterocycles. The highest BCUT2D eigenvalue weighted by atomic mass is 35.5. The number of benzene rings is 3. The van der Waals surface area contributed by atoms with Gasteiger partial charge in [0.05, 0.1) is 22.1 Å². The number of sulfonamides is 1. The van der Waals surface area contributed by atoms with Crippen LogP contribution >= 0.6 is 23.2 Å². The van der Waals surface area contributed by atoms with Gasteiger partial charge in [-0.25, -0.2) is 8.42 Å². The average molecular weight is 451 g/mol. The fourth-order valence-corrected chi connectivity index (χ4v) is 5.26. The summed E-state index contributed by atoms with van der Waals surface area (Å²) in [5.41, 5.74) is 0.941. The molecule has 1 heterocycles. The molecule has 5 nitrogen and oxygen atoms in total. The molecule has 0 aliphatic carbocycles. The number of fused-ring (bicyclic) bond motifs is 1. The Kier molecular flexibility index (Phi) is 5.62. The van der Waals surface area contributed by atoms with E-state index in [2.05, 4.69) is 4.90 Å². The maximum Gasteiger partial charge on any atom is 0.243 e. The number of anilines is 1. The number of halogens is 2. The molecule has 0 bridgehead atoms. The normalized spacial score (nSPS) is 15.6. The molecule has 29 heavy (non-hydrogen) atoms. The van der Waals surface area contributed by atoms with Crippen molar-refractivity contribution in [2.75, 3.05) is 38.2 Å². The van der Waals surface area contributed by atoms with Gasteiger partial charge >= 0.3 is 0 Å². The summed E-state index contributed by atoms with van der Waals surface area (Å²) in [4.78, 5) is 2.42. The number of rotatable bonds is 4. The third-order valence-corrected chi connectivity index (χ3v) is 7.80. The highest BCUT2D eigenvalue weighted by molar-refractivity contribution is 7.89. The lowest BCUT2D eigenvalue weighted by Crippen LogP contribution is -2.48. The Morgan fingerprint density at radius 2 is 1.52 bits per heavy atom. The number of ether oxygens (including phenoxy) is 1. The van der Waals surface area contributed by atoms with Crippen LogP contribution < -0.4 is 9.64 Å². The highest BCUT2D eigenvalue weighted by Gasteiger charge is 2.29. The zero-order chi connectivity index (χ0) is 20.6. The van der Waals surface area contributed by atoms with Crippen molar-refractivity contribution in [2.24, 2.45) is 0 Å². The van der Waals surface area contributed by atoms with E-state index in [0.717, 1.165) is 22.2 Å². The van der Waals surface area contributed by atoms with Crippen molar-refractivity contribution in [1.82, 2.24) is 4.31 Å². The molecule has 1 fully saturated rings. The van der Waals surface area contributed by atoms with Gasteiger partial charge in [-0.3, -0.25) is 0 Å². The van der Waals surface area contributed by atoms with Gasteiger partial charge in [0.2, 0.25) is 10.0 Å². The molecule has 1 aliphatic heterocycles. The van der Waals surface area contributed by atoms with Gasteiger partial charge in [-0.05, 0) is 53.2 Å². The van der Waals surface area contributed by atoms with Gasteiger partial charge in [0.15, 0.2) is 0 Å². The van der Waals surface area contributed by atoms with Crippen molar-refractivity contribution in [1.29, 1.82) is 0 Å². The lowest BCUT2D eigenvalue weighted by molar-refractivity contribution is 0.385. The van der Waals surface area contributed by atoms with Gasteiger partial charge in [0.25, 0.3) is 0 Å². The molecule has 152 valence electrons. The molecule has 1 saturated heterocycles. The van der Waals surface area contributed by atoms with E-state index in [4.69, 9.17) is 27.9 Å². The quantitative estimate of drug-likeness (QED) is 0.579. The summed E-state index contributed by atoms with van der Waals surface area (Å²) >= 11 is 12.1. The van der Waals surface area contributed by atoms with Crippen LogP contribution in [0.2, 0.25) is 10.0 Å². The van der Waals surface area contributed by atoms with E-state index in [9.17, 15) is 8.42 Å². The van der Waals surface area contributed by atoms with E-state index in [1.807, 2.05) is 36.4 Å². The van der Waals surface area contributed by atoms with Crippen molar-refractivity contribution in [3.63, 3.8) is 0 Å². The van der Waals surface area contributed by atoms with Gasteiger partial charge in [0.1, 0.15) is 5.75 Å². The first kappa shape index (κ1) is 20.3. The first-order chi connectivity index (χ1) is 13.9. The molecular weight excluding hydrogens is 431 g/mol. The summed E-state index contributed by atoms with van der Waals surface area (Å²) in [6.45, 7) is 1.98. The summed E-state index contributed by atoms with van der Waals surface area (Å²) in [7, 11) is -1.95. The molecular formula is C21H20Cl2N2O3S. The molecule has 0 amide bonds. The molecule has 0 unspecified atom stereocenters. The summed E-state index contributed by atoms with van der Waals surface area (Å²) in [6, 6.07) is 16.2. The molecule has 1 aliphatic rings. The Bertz CT molecular complexity index is 1160. The summed E-state index contributed by atoms with van der Waals surface area (Å²) < 4.78 is 33.0. The predicted octanol–water partition coefficient (Wildman–Crippen LogP) is 4.67. The molecule has 8 heteroatoms. The molecule has 0 atom stereocenters. The van der Waals surface area contributed by atoms with Crippen molar-refractivity contribution >= 4 is 49.7 Å². The van der Waals surface area contributed by atoms with Crippen LogP contribution in [0.1, 0.15) is 0 Å². The standard InChI is InChI=1S/C21H20Cl2N2O3S/c1-28-18-5-2-16-13-19(6-3-15(16)12-18)29(26,27)25-10-8-24(9-11-25)17-4-7-20(22)21(23)14-17/h2-7,12-14H,8-11H2,1H3. The SMILES string of the molecule is COc1ccc2cc(S(=O)(=O)N3CCN(c4ccc(Cl)c(Cl)c4)CC3)ccc2c1. The number of hydrogen-bond donors (Lipinski definition) is 0. The van der Waals surface area contributed by atoms with Crippen LogP contribution in [0.4, 0.5) is 5.69 Å². The van der Waals surface area contributed by atoms with Crippen LogP contribution in [0.15, 0.2) is 59.5 Å². The second kappa shape index (κ2) is 8.03. The molecule has 3 aromatic carbocycles. The maximum absolute atomic E-state index is 13.1. The Balaban J connectivity index is 1.52. The Hall–Kier alpha value is -1.99. The van der Waals surface area contributed by atoms with Crippen LogP contribution in [-0.2, 0) is 10.0 Å². The summed E-state index contributed by atoms with van der Waals surface area (Å²) in [5, 5.41) is 2.80. The molecule has 0 saturated carbocycles. The van der Waals surface area contributed by atoms with Crippen LogP contribution in [0.5, 0.6) is 5.75 Å². The van der Waals surface area contributed by atoms with E-state index < -0.39 is 10.0 Å². The molecule has 0 N–H and O–H groups in total. The second-order valence-corrected chi connectivity index (χ2v) is 9.62.